The van der Waals surface area contributed by atoms with Crippen molar-refractivity contribution in [3.63, 3.8) is 0 Å². The monoisotopic (exact) mass is 257 g/mol. The zero-order chi connectivity index (χ0) is 12.6. The molecule has 3 nitrogen and oxygen atoms in total. The Bertz CT molecular complexity index is 742. The number of rotatable bonds is 1. The van der Waals surface area contributed by atoms with Gasteiger partial charge in [-0.3, -0.25) is 0 Å². The van der Waals surface area contributed by atoms with E-state index in [1.807, 2.05) is 24.3 Å². The van der Waals surface area contributed by atoms with Crippen LogP contribution in [0.1, 0.15) is 5.56 Å². The second-order valence-corrected chi connectivity index (χ2v) is 6.05. The summed E-state index contributed by atoms with van der Waals surface area (Å²) in [7, 11) is -2.62. The second-order valence-electron chi connectivity index (χ2n) is 3.99. The molecule has 0 saturated heterocycles. The minimum atomic E-state index is -2.62. The van der Waals surface area contributed by atoms with Crippen LogP contribution in [0.15, 0.2) is 63.2 Å². The number of hydrogen-bond acceptors (Lipinski definition) is 3. The van der Waals surface area contributed by atoms with Gasteiger partial charge in [-0.25, -0.2) is 4.21 Å². The standard InChI is InChI=1S/C14H11NO2S/c16-13-8-4-5-11-9-10-18(17,15-14(11)13)12-6-2-1-3-7-12/h1-10,16H. The van der Waals surface area contributed by atoms with E-state index < -0.39 is 9.73 Å². The Morgan fingerprint density at radius 1 is 1.00 bits per heavy atom. The molecule has 0 radical (unpaired) electrons. The fraction of sp³-hybridized carbons (Fsp3) is 0. The zero-order valence-corrected chi connectivity index (χ0v) is 10.3. The highest BCUT2D eigenvalue weighted by Crippen LogP contribution is 2.37. The van der Waals surface area contributed by atoms with Crippen molar-refractivity contribution in [3.05, 3.63) is 59.5 Å². The van der Waals surface area contributed by atoms with Crippen LogP contribution >= 0.6 is 0 Å². The smallest absolute Gasteiger partial charge is 0.142 e. The van der Waals surface area contributed by atoms with Gasteiger partial charge in [-0.15, -0.1) is 0 Å². The molecule has 4 heteroatoms. The van der Waals surface area contributed by atoms with Gasteiger partial charge in [0.2, 0.25) is 0 Å². The summed E-state index contributed by atoms with van der Waals surface area (Å²) < 4.78 is 17.0. The molecule has 1 atom stereocenters. The maximum Gasteiger partial charge on any atom is 0.142 e. The number of nitrogens with zero attached hydrogens (tertiary/aromatic N) is 1. The molecule has 2 aromatic rings. The van der Waals surface area contributed by atoms with Crippen molar-refractivity contribution in [2.24, 2.45) is 4.36 Å². The minimum Gasteiger partial charge on any atom is -0.506 e. The predicted molar refractivity (Wildman–Crippen MR) is 72.1 cm³/mol. The first-order chi connectivity index (χ1) is 8.69. The molecule has 1 aliphatic rings. The van der Waals surface area contributed by atoms with Gasteiger partial charge in [-0.1, -0.05) is 30.3 Å². The molecule has 18 heavy (non-hydrogen) atoms. The molecule has 0 saturated carbocycles. The fourth-order valence-corrected chi connectivity index (χ4v) is 3.53. The molecule has 1 aliphatic heterocycles. The lowest BCUT2D eigenvalue weighted by Crippen LogP contribution is -1.99. The van der Waals surface area contributed by atoms with Crippen molar-refractivity contribution in [3.8, 4) is 5.75 Å². The van der Waals surface area contributed by atoms with Gasteiger partial charge in [0.15, 0.2) is 0 Å². The van der Waals surface area contributed by atoms with Crippen LogP contribution in [-0.4, -0.2) is 9.32 Å². The SMILES string of the molecule is O=S1(c2ccccc2)=Nc2c(O)cccc2C=C1. The third-order valence-electron chi connectivity index (χ3n) is 2.79. The maximum absolute atomic E-state index is 12.8. The van der Waals surface area contributed by atoms with Crippen molar-refractivity contribution in [1.82, 2.24) is 0 Å². The van der Waals surface area contributed by atoms with E-state index in [9.17, 15) is 9.32 Å². The molecular formula is C14H11NO2S. The molecule has 0 amide bonds. The highest BCUT2D eigenvalue weighted by Gasteiger charge is 2.16. The molecule has 0 aromatic heterocycles. The highest BCUT2D eigenvalue weighted by atomic mass is 32.2. The van der Waals surface area contributed by atoms with Crippen molar-refractivity contribution < 1.29 is 9.32 Å². The second kappa shape index (κ2) is 3.99. The first kappa shape index (κ1) is 11.0. The zero-order valence-electron chi connectivity index (χ0n) is 9.48. The Labute approximate surface area is 106 Å². The number of phenols is 1. The molecule has 2 aromatic carbocycles. The van der Waals surface area contributed by atoms with Crippen molar-refractivity contribution in [2.75, 3.05) is 0 Å². The van der Waals surface area contributed by atoms with Crippen LogP contribution in [0.5, 0.6) is 5.75 Å². The summed E-state index contributed by atoms with van der Waals surface area (Å²) in [5.41, 5.74) is 1.18. The van der Waals surface area contributed by atoms with Crippen molar-refractivity contribution in [2.45, 2.75) is 4.90 Å². The van der Waals surface area contributed by atoms with E-state index in [1.54, 1.807) is 35.7 Å². The summed E-state index contributed by atoms with van der Waals surface area (Å²) in [5.74, 6) is 0.0560. The number of phenolic OH excluding ortho intramolecular Hbond substituents is 1. The van der Waals surface area contributed by atoms with Gasteiger partial charge in [-0.2, -0.15) is 4.36 Å². The number of hydrogen-bond donors (Lipinski definition) is 1. The van der Waals surface area contributed by atoms with E-state index in [1.165, 1.54) is 0 Å². The molecule has 0 aliphatic carbocycles. The Morgan fingerprint density at radius 3 is 2.56 bits per heavy atom. The van der Waals surface area contributed by atoms with Crippen LogP contribution in [0.3, 0.4) is 0 Å². The largest absolute Gasteiger partial charge is 0.506 e. The summed E-state index contributed by atoms with van der Waals surface area (Å²) in [4.78, 5) is 0.648. The molecule has 1 N–H and O–H groups in total. The molecule has 1 unspecified atom stereocenters. The number of aromatic hydroxyl groups is 1. The third-order valence-corrected chi connectivity index (χ3v) is 4.69. The minimum absolute atomic E-state index is 0.0560. The predicted octanol–water partition coefficient (Wildman–Crippen LogP) is 3.54. The summed E-state index contributed by atoms with van der Waals surface area (Å²) >= 11 is 0. The first-order valence-electron chi connectivity index (χ1n) is 5.51. The van der Waals surface area contributed by atoms with Crippen LogP contribution in [-0.2, 0) is 9.73 Å². The summed E-state index contributed by atoms with van der Waals surface area (Å²) in [6.07, 6.45) is 1.75. The molecular weight excluding hydrogens is 246 g/mol. The molecule has 0 bridgehead atoms. The summed E-state index contributed by atoms with van der Waals surface area (Å²) in [6, 6.07) is 14.2. The van der Waals surface area contributed by atoms with E-state index >= 15 is 0 Å². The topological polar surface area (TPSA) is 49.7 Å². The Kier molecular flexibility index (Phi) is 2.45. The average Bonchev–Trinajstić information content (AvgIpc) is 2.41. The summed E-state index contributed by atoms with van der Waals surface area (Å²) in [6.45, 7) is 0. The Morgan fingerprint density at radius 2 is 1.78 bits per heavy atom. The molecule has 1 heterocycles. The van der Waals surface area contributed by atoms with Gasteiger partial charge in [0.25, 0.3) is 0 Å². The molecule has 3 rings (SSSR count). The maximum atomic E-state index is 12.8. The van der Waals surface area contributed by atoms with E-state index in [0.29, 0.717) is 10.6 Å². The highest BCUT2D eigenvalue weighted by molar-refractivity contribution is 7.96. The van der Waals surface area contributed by atoms with Crippen LogP contribution in [0.4, 0.5) is 5.69 Å². The molecule has 0 fully saturated rings. The van der Waals surface area contributed by atoms with Crippen LogP contribution in [0, 0.1) is 0 Å². The quantitative estimate of drug-likeness (QED) is 0.849. The van der Waals surface area contributed by atoms with E-state index in [-0.39, 0.29) is 5.75 Å². The van der Waals surface area contributed by atoms with Crippen LogP contribution < -0.4 is 0 Å². The van der Waals surface area contributed by atoms with Crippen LogP contribution in [0.2, 0.25) is 0 Å². The lowest BCUT2D eigenvalue weighted by molar-refractivity contribution is 0.477. The lowest BCUT2D eigenvalue weighted by Gasteiger charge is -2.13. The Hall–Kier alpha value is -2.07. The summed E-state index contributed by atoms with van der Waals surface area (Å²) in [5, 5.41) is 11.4. The van der Waals surface area contributed by atoms with Gasteiger partial charge in [0.05, 0.1) is 4.90 Å². The average molecular weight is 257 g/mol. The van der Waals surface area contributed by atoms with Gasteiger partial charge in [0, 0.05) is 11.0 Å². The van der Waals surface area contributed by atoms with Crippen molar-refractivity contribution in [1.29, 1.82) is 0 Å². The van der Waals surface area contributed by atoms with Gasteiger partial charge >= 0.3 is 0 Å². The number of fused-ring (bicyclic) bond motifs is 1. The fourth-order valence-electron chi connectivity index (χ4n) is 1.86. The van der Waals surface area contributed by atoms with Gasteiger partial charge in [0.1, 0.15) is 21.2 Å². The van der Waals surface area contributed by atoms with Crippen LogP contribution in [0.25, 0.3) is 6.08 Å². The lowest BCUT2D eigenvalue weighted by atomic mass is 10.1. The number of benzene rings is 2. The third kappa shape index (κ3) is 1.71. The van der Waals surface area contributed by atoms with E-state index in [4.69, 9.17) is 0 Å². The molecule has 0 spiro atoms. The molecule has 90 valence electrons. The van der Waals surface area contributed by atoms with E-state index in [2.05, 4.69) is 4.36 Å². The van der Waals surface area contributed by atoms with Crippen molar-refractivity contribution >= 4 is 21.5 Å². The normalized spacial score (nSPS) is 21.1. The van der Waals surface area contributed by atoms with Gasteiger partial charge in [-0.05, 0) is 24.3 Å². The first-order valence-corrected chi connectivity index (χ1v) is 7.09. The Balaban J connectivity index is 2.27. The van der Waals surface area contributed by atoms with Gasteiger partial charge < -0.3 is 5.11 Å². The van der Waals surface area contributed by atoms with E-state index in [0.717, 1.165) is 5.56 Å².